The van der Waals surface area contributed by atoms with Crippen LogP contribution in [0.4, 0.5) is 0 Å². The third-order valence-corrected chi connectivity index (χ3v) is 1.24. The molecule has 66 valence electrons. The molecule has 0 saturated heterocycles. The average Bonchev–Trinajstić information content (AvgIpc) is 2.01. The first-order chi connectivity index (χ1) is 5.31. The van der Waals surface area contributed by atoms with Crippen molar-refractivity contribution in [1.82, 2.24) is 5.32 Å². The van der Waals surface area contributed by atoms with E-state index < -0.39 is 0 Å². The number of carbonyl (C=O) groups excluding carboxylic acids is 1. The summed E-state index contributed by atoms with van der Waals surface area (Å²) in [5.41, 5.74) is 5.24. The maximum atomic E-state index is 10.8. The minimum absolute atomic E-state index is 0.0281. The van der Waals surface area contributed by atoms with Crippen LogP contribution in [0.2, 0.25) is 0 Å². The number of nitrogens with two attached hydrogens (primary N) is 1. The van der Waals surface area contributed by atoms with Crippen LogP contribution in [-0.2, 0) is 9.53 Å². The molecule has 0 aromatic carbocycles. The monoisotopic (exact) mass is 160 g/mol. The van der Waals surface area contributed by atoms with Crippen molar-refractivity contribution < 1.29 is 9.53 Å². The Hall–Kier alpha value is -0.610. The van der Waals surface area contributed by atoms with Crippen molar-refractivity contribution in [2.75, 3.05) is 26.8 Å². The van der Waals surface area contributed by atoms with Gasteiger partial charge in [0.1, 0.15) is 0 Å². The molecule has 0 radical (unpaired) electrons. The number of hydrogen-bond acceptors (Lipinski definition) is 3. The third-order valence-electron chi connectivity index (χ3n) is 1.24. The van der Waals surface area contributed by atoms with Crippen molar-refractivity contribution in [3.05, 3.63) is 0 Å². The van der Waals surface area contributed by atoms with Gasteiger partial charge in [-0.3, -0.25) is 4.79 Å². The number of amides is 1. The lowest BCUT2D eigenvalue weighted by molar-refractivity contribution is -0.121. The molecule has 0 heterocycles. The van der Waals surface area contributed by atoms with Crippen LogP contribution in [0.5, 0.6) is 0 Å². The summed E-state index contributed by atoms with van der Waals surface area (Å²) >= 11 is 0. The molecule has 0 rings (SSSR count). The van der Waals surface area contributed by atoms with Crippen LogP contribution >= 0.6 is 0 Å². The van der Waals surface area contributed by atoms with Crippen molar-refractivity contribution in [2.45, 2.75) is 12.8 Å². The highest BCUT2D eigenvalue weighted by Crippen LogP contribution is 1.80. The highest BCUT2D eigenvalue weighted by Gasteiger charge is 1.97. The molecule has 0 fully saturated rings. The Morgan fingerprint density at radius 3 is 2.91 bits per heavy atom. The highest BCUT2D eigenvalue weighted by atomic mass is 16.5. The molecule has 0 atom stereocenters. The molecule has 0 bridgehead atoms. The van der Waals surface area contributed by atoms with Gasteiger partial charge < -0.3 is 15.8 Å². The SMILES string of the molecule is COCCC(=O)NCCCN. The van der Waals surface area contributed by atoms with E-state index in [1.54, 1.807) is 7.11 Å². The van der Waals surface area contributed by atoms with E-state index in [1.165, 1.54) is 0 Å². The van der Waals surface area contributed by atoms with E-state index in [0.717, 1.165) is 6.42 Å². The highest BCUT2D eigenvalue weighted by molar-refractivity contribution is 5.75. The van der Waals surface area contributed by atoms with Gasteiger partial charge in [0.25, 0.3) is 0 Å². The van der Waals surface area contributed by atoms with Crippen LogP contribution in [0.1, 0.15) is 12.8 Å². The zero-order chi connectivity index (χ0) is 8.53. The molecule has 3 N–H and O–H groups in total. The van der Waals surface area contributed by atoms with Gasteiger partial charge in [0.05, 0.1) is 6.61 Å². The van der Waals surface area contributed by atoms with Crippen LogP contribution in [0, 0.1) is 0 Å². The Morgan fingerprint density at radius 2 is 2.36 bits per heavy atom. The molecule has 0 saturated carbocycles. The van der Waals surface area contributed by atoms with Crippen LogP contribution in [0.15, 0.2) is 0 Å². The minimum atomic E-state index is 0.0281. The van der Waals surface area contributed by atoms with Crippen molar-refractivity contribution in [2.24, 2.45) is 5.73 Å². The summed E-state index contributed by atoms with van der Waals surface area (Å²) < 4.78 is 4.73. The molecule has 0 unspecified atom stereocenters. The smallest absolute Gasteiger partial charge is 0.222 e. The summed E-state index contributed by atoms with van der Waals surface area (Å²) in [4.78, 5) is 10.8. The van der Waals surface area contributed by atoms with Crippen LogP contribution in [0.3, 0.4) is 0 Å². The zero-order valence-electron chi connectivity index (χ0n) is 6.93. The minimum Gasteiger partial charge on any atom is -0.384 e. The second-order valence-corrected chi connectivity index (χ2v) is 2.23. The lowest BCUT2D eigenvalue weighted by Crippen LogP contribution is -2.26. The summed E-state index contributed by atoms with van der Waals surface area (Å²) in [6.45, 7) is 1.76. The van der Waals surface area contributed by atoms with E-state index in [9.17, 15) is 4.79 Å². The van der Waals surface area contributed by atoms with Gasteiger partial charge >= 0.3 is 0 Å². The number of nitrogens with one attached hydrogen (secondary N) is 1. The van der Waals surface area contributed by atoms with Gasteiger partial charge in [-0.05, 0) is 13.0 Å². The Bertz CT molecular complexity index is 107. The summed E-state index contributed by atoms with van der Waals surface area (Å²) in [6.07, 6.45) is 1.26. The predicted molar refractivity (Wildman–Crippen MR) is 43.2 cm³/mol. The standard InChI is InChI=1S/C7H16N2O2/c1-11-6-3-7(10)9-5-2-4-8/h2-6,8H2,1H3,(H,9,10). The van der Waals surface area contributed by atoms with Gasteiger partial charge in [0, 0.05) is 20.1 Å². The van der Waals surface area contributed by atoms with E-state index in [1.807, 2.05) is 0 Å². The molecule has 0 aliphatic carbocycles. The van der Waals surface area contributed by atoms with Gasteiger partial charge in [0.2, 0.25) is 5.91 Å². The summed E-state index contributed by atoms with van der Waals surface area (Å²) in [5.74, 6) is 0.0281. The largest absolute Gasteiger partial charge is 0.384 e. The van der Waals surface area contributed by atoms with Crippen molar-refractivity contribution in [3.8, 4) is 0 Å². The van der Waals surface area contributed by atoms with Gasteiger partial charge in [0.15, 0.2) is 0 Å². The van der Waals surface area contributed by atoms with E-state index >= 15 is 0 Å². The fourth-order valence-electron chi connectivity index (χ4n) is 0.613. The van der Waals surface area contributed by atoms with E-state index in [0.29, 0.717) is 26.1 Å². The molecule has 4 nitrogen and oxygen atoms in total. The molecular weight excluding hydrogens is 144 g/mol. The molecule has 4 heteroatoms. The Balaban J connectivity index is 3.09. The first-order valence-electron chi connectivity index (χ1n) is 3.77. The number of methoxy groups -OCH3 is 1. The second-order valence-electron chi connectivity index (χ2n) is 2.23. The molecule has 0 aromatic heterocycles. The van der Waals surface area contributed by atoms with Gasteiger partial charge in [-0.25, -0.2) is 0 Å². The zero-order valence-corrected chi connectivity index (χ0v) is 6.93. The quantitative estimate of drug-likeness (QED) is 0.514. The Morgan fingerprint density at radius 1 is 1.64 bits per heavy atom. The first-order valence-corrected chi connectivity index (χ1v) is 3.77. The topological polar surface area (TPSA) is 64.3 Å². The molecular formula is C7H16N2O2. The second kappa shape index (κ2) is 7.50. The molecule has 11 heavy (non-hydrogen) atoms. The van der Waals surface area contributed by atoms with E-state index in [2.05, 4.69) is 5.32 Å². The average molecular weight is 160 g/mol. The maximum absolute atomic E-state index is 10.8. The summed E-state index contributed by atoms with van der Waals surface area (Å²) in [6, 6.07) is 0. The summed E-state index contributed by atoms with van der Waals surface area (Å²) in [7, 11) is 1.58. The first kappa shape index (κ1) is 10.4. The number of carbonyl (C=O) groups is 1. The van der Waals surface area contributed by atoms with Crippen molar-refractivity contribution in [1.29, 1.82) is 0 Å². The lowest BCUT2D eigenvalue weighted by Gasteiger charge is -2.02. The van der Waals surface area contributed by atoms with Crippen LogP contribution in [0.25, 0.3) is 0 Å². The maximum Gasteiger partial charge on any atom is 0.222 e. The predicted octanol–water partition coefficient (Wildman–Crippen LogP) is -0.512. The van der Waals surface area contributed by atoms with Crippen LogP contribution in [-0.4, -0.2) is 32.7 Å². The fraction of sp³-hybridized carbons (Fsp3) is 0.857. The van der Waals surface area contributed by atoms with E-state index in [4.69, 9.17) is 10.5 Å². The Labute approximate surface area is 67.1 Å². The number of rotatable bonds is 6. The Kier molecular flexibility index (Phi) is 7.08. The van der Waals surface area contributed by atoms with Crippen LogP contribution < -0.4 is 11.1 Å². The van der Waals surface area contributed by atoms with Gasteiger partial charge in [-0.1, -0.05) is 0 Å². The number of hydrogen-bond donors (Lipinski definition) is 2. The molecule has 0 aliphatic rings. The molecule has 1 amide bonds. The lowest BCUT2D eigenvalue weighted by atomic mass is 10.4. The van der Waals surface area contributed by atoms with E-state index in [-0.39, 0.29) is 5.91 Å². The van der Waals surface area contributed by atoms with Gasteiger partial charge in [-0.15, -0.1) is 0 Å². The van der Waals surface area contributed by atoms with Crippen molar-refractivity contribution in [3.63, 3.8) is 0 Å². The normalized spacial score (nSPS) is 9.64. The molecule has 0 aliphatic heterocycles. The third kappa shape index (κ3) is 7.29. The van der Waals surface area contributed by atoms with Crippen molar-refractivity contribution >= 4 is 5.91 Å². The molecule has 0 aromatic rings. The van der Waals surface area contributed by atoms with Gasteiger partial charge in [-0.2, -0.15) is 0 Å². The molecule has 0 spiro atoms. The number of ether oxygens (including phenoxy) is 1. The summed E-state index contributed by atoms with van der Waals surface area (Å²) in [5, 5.41) is 2.72. The fourth-order valence-corrected chi connectivity index (χ4v) is 0.613.